The van der Waals surface area contributed by atoms with Gasteiger partial charge in [0, 0.05) is 23.7 Å². The van der Waals surface area contributed by atoms with E-state index in [0.29, 0.717) is 6.42 Å². The van der Waals surface area contributed by atoms with Crippen molar-refractivity contribution in [3.63, 3.8) is 0 Å². The molecule has 0 saturated carbocycles. The molecule has 0 aromatic heterocycles. The van der Waals surface area contributed by atoms with Gasteiger partial charge in [0.2, 0.25) is 11.8 Å². The van der Waals surface area contributed by atoms with Crippen molar-refractivity contribution in [2.45, 2.75) is 33.6 Å². The summed E-state index contributed by atoms with van der Waals surface area (Å²) in [6.07, 6.45) is 1.16. The van der Waals surface area contributed by atoms with Gasteiger partial charge in [-0.3, -0.25) is 9.59 Å². The molecule has 2 amide bonds. The van der Waals surface area contributed by atoms with Crippen LogP contribution in [-0.2, 0) is 16.0 Å². The van der Waals surface area contributed by atoms with Gasteiger partial charge in [-0.15, -0.1) is 0 Å². The van der Waals surface area contributed by atoms with Gasteiger partial charge in [-0.2, -0.15) is 0 Å². The molecule has 0 unspecified atom stereocenters. The lowest BCUT2D eigenvalue weighted by molar-refractivity contribution is -0.119. The molecule has 0 spiro atoms. The van der Waals surface area contributed by atoms with Crippen molar-refractivity contribution in [2.75, 3.05) is 10.6 Å². The van der Waals surface area contributed by atoms with Crippen LogP contribution >= 0.6 is 0 Å². The van der Waals surface area contributed by atoms with Crippen LogP contribution in [0.15, 0.2) is 48.5 Å². The van der Waals surface area contributed by atoms with Crippen LogP contribution < -0.4 is 10.6 Å². The fraction of sp³-hybridized carbons (Fsp3) is 0.300. The predicted molar refractivity (Wildman–Crippen MR) is 98.0 cm³/mol. The zero-order chi connectivity index (χ0) is 17.5. The van der Waals surface area contributed by atoms with Gasteiger partial charge >= 0.3 is 0 Å². The summed E-state index contributed by atoms with van der Waals surface area (Å²) in [4.78, 5) is 23.7. The van der Waals surface area contributed by atoms with Gasteiger partial charge in [-0.05, 0) is 43.2 Å². The predicted octanol–water partition coefficient (Wildman–Crippen LogP) is 4.16. The third-order valence-corrected chi connectivity index (χ3v) is 3.68. The Morgan fingerprint density at radius 1 is 0.958 bits per heavy atom. The summed E-state index contributed by atoms with van der Waals surface area (Å²) in [6.45, 7) is 5.74. The summed E-state index contributed by atoms with van der Waals surface area (Å²) < 4.78 is 0. The lowest BCUT2D eigenvalue weighted by Crippen LogP contribution is -2.17. The van der Waals surface area contributed by atoms with Crippen LogP contribution in [-0.4, -0.2) is 11.8 Å². The first kappa shape index (κ1) is 17.7. The normalized spacial score (nSPS) is 10.5. The number of anilines is 2. The average molecular weight is 324 g/mol. The summed E-state index contributed by atoms with van der Waals surface area (Å²) >= 11 is 0. The molecule has 0 saturated heterocycles. The Labute approximate surface area is 143 Å². The third kappa shape index (κ3) is 5.54. The number of carbonyl (C=O) groups is 2. The zero-order valence-electron chi connectivity index (χ0n) is 14.4. The molecule has 2 rings (SSSR count). The fourth-order valence-corrected chi connectivity index (χ4v) is 2.27. The molecule has 0 aliphatic carbocycles. The molecular weight excluding hydrogens is 300 g/mol. The van der Waals surface area contributed by atoms with E-state index in [4.69, 9.17) is 0 Å². The second kappa shape index (κ2) is 8.29. The summed E-state index contributed by atoms with van der Waals surface area (Å²) in [5.74, 6) is -0.105. The van der Waals surface area contributed by atoms with Crippen LogP contribution in [0.1, 0.15) is 31.4 Å². The molecule has 0 fully saturated rings. The largest absolute Gasteiger partial charge is 0.326 e. The highest BCUT2D eigenvalue weighted by Gasteiger charge is 2.07. The van der Waals surface area contributed by atoms with E-state index in [0.717, 1.165) is 23.4 Å². The molecular formula is C20H24N2O2. The van der Waals surface area contributed by atoms with Gasteiger partial charge in [-0.1, -0.05) is 43.7 Å². The molecule has 0 radical (unpaired) electrons. The van der Waals surface area contributed by atoms with Crippen molar-refractivity contribution in [2.24, 2.45) is 5.92 Å². The van der Waals surface area contributed by atoms with Gasteiger partial charge in [0.05, 0.1) is 0 Å². The molecule has 0 aliphatic heterocycles. The maximum Gasteiger partial charge on any atom is 0.226 e. The van der Waals surface area contributed by atoms with E-state index in [9.17, 15) is 9.59 Å². The first-order valence-corrected chi connectivity index (χ1v) is 8.20. The maximum absolute atomic E-state index is 12.0. The van der Waals surface area contributed by atoms with Gasteiger partial charge < -0.3 is 10.6 Å². The average Bonchev–Trinajstić information content (AvgIpc) is 2.55. The second-order valence-corrected chi connectivity index (χ2v) is 6.26. The second-order valence-electron chi connectivity index (χ2n) is 6.26. The van der Waals surface area contributed by atoms with Crippen molar-refractivity contribution in [3.8, 4) is 0 Å². The monoisotopic (exact) mass is 324 g/mol. The van der Waals surface area contributed by atoms with Crippen molar-refractivity contribution < 1.29 is 9.59 Å². The van der Waals surface area contributed by atoms with Gasteiger partial charge in [0.25, 0.3) is 0 Å². The Bertz CT molecular complexity index is 706. The van der Waals surface area contributed by atoms with Crippen LogP contribution in [0.25, 0.3) is 0 Å². The molecule has 2 aromatic rings. The van der Waals surface area contributed by atoms with E-state index in [-0.39, 0.29) is 17.7 Å². The minimum absolute atomic E-state index is 0.0181. The molecule has 0 atom stereocenters. The maximum atomic E-state index is 12.0. The molecule has 4 heteroatoms. The minimum atomic E-state index is -0.0639. The van der Waals surface area contributed by atoms with Crippen LogP contribution in [0, 0.1) is 12.8 Å². The van der Waals surface area contributed by atoms with Crippen LogP contribution in [0.3, 0.4) is 0 Å². The molecule has 2 N–H and O–H groups in total. The highest BCUT2D eigenvalue weighted by atomic mass is 16.2. The van der Waals surface area contributed by atoms with E-state index in [1.54, 1.807) is 24.3 Å². The van der Waals surface area contributed by atoms with E-state index in [1.807, 2.05) is 39.0 Å². The van der Waals surface area contributed by atoms with Gasteiger partial charge in [0.1, 0.15) is 0 Å². The van der Waals surface area contributed by atoms with Crippen molar-refractivity contribution in [3.05, 3.63) is 59.7 Å². The van der Waals surface area contributed by atoms with Gasteiger partial charge in [-0.25, -0.2) is 0 Å². The summed E-state index contributed by atoms with van der Waals surface area (Å²) in [5.41, 5.74) is 3.82. The number of aryl methyl sites for hydroxylation is 2. The zero-order valence-corrected chi connectivity index (χ0v) is 14.4. The lowest BCUT2D eigenvalue weighted by Gasteiger charge is -2.09. The molecule has 24 heavy (non-hydrogen) atoms. The molecule has 126 valence electrons. The summed E-state index contributed by atoms with van der Waals surface area (Å²) in [6, 6.07) is 15.3. The van der Waals surface area contributed by atoms with E-state index in [1.165, 1.54) is 5.56 Å². The fourth-order valence-electron chi connectivity index (χ4n) is 2.27. The Morgan fingerprint density at radius 3 is 2.17 bits per heavy atom. The number of carbonyl (C=O) groups excluding carboxylic acids is 2. The summed E-state index contributed by atoms with van der Waals surface area (Å²) in [5, 5.41) is 5.70. The summed E-state index contributed by atoms with van der Waals surface area (Å²) in [7, 11) is 0. The van der Waals surface area contributed by atoms with Crippen molar-refractivity contribution in [1.82, 2.24) is 0 Å². The molecule has 0 heterocycles. The van der Waals surface area contributed by atoms with E-state index in [2.05, 4.69) is 16.7 Å². The van der Waals surface area contributed by atoms with Crippen LogP contribution in [0.5, 0.6) is 0 Å². The Kier molecular flexibility index (Phi) is 6.13. The molecule has 0 aliphatic rings. The highest BCUT2D eigenvalue weighted by molar-refractivity contribution is 5.93. The quantitative estimate of drug-likeness (QED) is 0.838. The van der Waals surface area contributed by atoms with Crippen molar-refractivity contribution in [1.29, 1.82) is 0 Å². The first-order valence-electron chi connectivity index (χ1n) is 8.20. The molecule has 4 nitrogen and oxygen atoms in total. The Morgan fingerprint density at radius 2 is 1.58 bits per heavy atom. The third-order valence-electron chi connectivity index (χ3n) is 3.68. The number of rotatable bonds is 6. The number of hydrogen-bond acceptors (Lipinski definition) is 2. The highest BCUT2D eigenvalue weighted by Crippen LogP contribution is 2.15. The van der Waals surface area contributed by atoms with Gasteiger partial charge in [0.15, 0.2) is 0 Å². The topological polar surface area (TPSA) is 58.2 Å². The lowest BCUT2D eigenvalue weighted by atomic mass is 10.1. The Hall–Kier alpha value is -2.62. The van der Waals surface area contributed by atoms with Crippen LogP contribution in [0.4, 0.5) is 11.4 Å². The number of amides is 2. The Balaban J connectivity index is 1.84. The molecule has 0 bridgehead atoms. The minimum Gasteiger partial charge on any atom is -0.326 e. The van der Waals surface area contributed by atoms with E-state index < -0.39 is 0 Å². The smallest absolute Gasteiger partial charge is 0.226 e. The van der Waals surface area contributed by atoms with E-state index >= 15 is 0 Å². The number of benzene rings is 2. The first-order chi connectivity index (χ1) is 11.4. The number of nitrogens with one attached hydrogen (secondary N) is 2. The standard InChI is InChI=1S/C20H24N2O2/c1-14(2)20(24)22-18-10-8-17(9-11-18)21-19(23)12-7-16-6-4-5-15(3)13-16/h4-6,8-11,13-14H,7,12H2,1-3H3,(H,21,23)(H,22,24). The number of hydrogen-bond donors (Lipinski definition) is 2. The molecule has 2 aromatic carbocycles. The van der Waals surface area contributed by atoms with Crippen LogP contribution in [0.2, 0.25) is 0 Å². The van der Waals surface area contributed by atoms with Crippen molar-refractivity contribution >= 4 is 23.2 Å². The SMILES string of the molecule is Cc1cccc(CCC(=O)Nc2ccc(NC(=O)C(C)C)cc2)c1.